The molecule has 0 aromatic carbocycles. The van der Waals surface area contributed by atoms with Gasteiger partial charge in [-0.3, -0.25) is 0 Å². The minimum absolute atomic E-state index is 0.137. The van der Waals surface area contributed by atoms with E-state index in [0.29, 0.717) is 6.61 Å². The van der Waals surface area contributed by atoms with Crippen LogP contribution in [0.4, 0.5) is 0 Å². The van der Waals surface area contributed by atoms with E-state index in [2.05, 4.69) is 39.3 Å². The van der Waals surface area contributed by atoms with Crippen LogP contribution in [0.1, 0.15) is 44.1 Å². The summed E-state index contributed by atoms with van der Waals surface area (Å²) in [4.78, 5) is 2.37. The maximum absolute atomic E-state index is 9.85. The second-order valence-electron chi connectivity index (χ2n) is 6.00. The Kier molecular flexibility index (Phi) is 5.87. The maximum atomic E-state index is 9.85. The van der Waals surface area contributed by atoms with Crippen LogP contribution < -0.4 is 0 Å². The number of nitrogens with zero attached hydrogens (tertiary/aromatic N) is 1. The number of aliphatic hydroxyl groups excluding tert-OH is 1. The van der Waals surface area contributed by atoms with E-state index in [4.69, 9.17) is 0 Å². The number of aliphatic hydroxyl groups is 1. The van der Waals surface area contributed by atoms with Gasteiger partial charge in [0.25, 0.3) is 0 Å². The van der Waals surface area contributed by atoms with Gasteiger partial charge in [-0.1, -0.05) is 25.7 Å². The zero-order valence-electron chi connectivity index (χ0n) is 11.7. The fourth-order valence-electron chi connectivity index (χ4n) is 3.21. The van der Waals surface area contributed by atoms with Crippen molar-refractivity contribution < 1.29 is 5.11 Å². The van der Waals surface area contributed by atoms with Crippen molar-refractivity contribution in [3.8, 4) is 0 Å². The summed E-state index contributed by atoms with van der Waals surface area (Å²) in [5.74, 6) is 0. The molecule has 108 valence electrons. The Morgan fingerprint density at radius 3 is 2.53 bits per heavy atom. The second kappa shape index (κ2) is 7.21. The fourth-order valence-corrected chi connectivity index (χ4v) is 4.41. The normalized spacial score (nSPS) is 19.6. The molecule has 0 radical (unpaired) electrons. The average Bonchev–Trinajstić information content (AvgIpc) is 2.65. The Hall–Kier alpha value is 0.1000. The highest BCUT2D eigenvalue weighted by Gasteiger charge is 2.31. The van der Waals surface area contributed by atoms with Crippen LogP contribution in [0.5, 0.6) is 0 Å². The molecule has 2 nitrogen and oxygen atoms in total. The van der Waals surface area contributed by atoms with Gasteiger partial charge in [-0.25, -0.2) is 0 Å². The highest BCUT2D eigenvalue weighted by atomic mass is 79.9. The molecule has 1 heterocycles. The minimum atomic E-state index is 0.137. The van der Waals surface area contributed by atoms with E-state index >= 15 is 0 Å². The first-order valence-corrected chi connectivity index (χ1v) is 8.83. The van der Waals surface area contributed by atoms with Crippen LogP contribution in [0.3, 0.4) is 0 Å². The summed E-state index contributed by atoms with van der Waals surface area (Å²) in [6, 6.07) is 2.19. The van der Waals surface area contributed by atoms with Crippen molar-refractivity contribution in [3.63, 3.8) is 0 Å². The maximum Gasteiger partial charge on any atom is 0.0701 e. The van der Waals surface area contributed by atoms with Crippen molar-refractivity contribution >= 4 is 27.3 Å². The molecule has 19 heavy (non-hydrogen) atoms. The molecular weight excluding hydrogens is 322 g/mol. The predicted octanol–water partition coefficient (Wildman–Crippen LogP) is 4.28. The van der Waals surface area contributed by atoms with Crippen LogP contribution in [0.25, 0.3) is 0 Å². The zero-order chi connectivity index (χ0) is 13.7. The van der Waals surface area contributed by atoms with Crippen LogP contribution in [-0.4, -0.2) is 30.2 Å². The van der Waals surface area contributed by atoms with Gasteiger partial charge in [0, 0.05) is 25.1 Å². The van der Waals surface area contributed by atoms with Crippen molar-refractivity contribution in [2.24, 2.45) is 5.41 Å². The molecule has 1 N–H and O–H groups in total. The number of thiophene rings is 1. The summed E-state index contributed by atoms with van der Waals surface area (Å²) in [6.45, 7) is 2.32. The van der Waals surface area contributed by atoms with E-state index < -0.39 is 0 Å². The smallest absolute Gasteiger partial charge is 0.0701 e. The van der Waals surface area contributed by atoms with E-state index in [1.54, 1.807) is 11.3 Å². The van der Waals surface area contributed by atoms with Crippen LogP contribution >= 0.6 is 27.3 Å². The number of hydrogen-bond acceptors (Lipinski definition) is 3. The van der Waals surface area contributed by atoms with Gasteiger partial charge in [-0.2, -0.15) is 0 Å². The van der Waals surface area contributed by atoms with E-state index in [0.717, 1.165) is 13.1 Å². The predicted molar refractivity (Wildman–Crippen MR) is 85.6 cm³/mol. The number of rotatable bonds is 5. The zero-order valence-corrected chi connectivity index (χ0v) is 14.1. The van der Waals surface area contributed by atoms with Gasteiger partial charge in [-0.15, -0.1) is 11.3 Å². The third-order valence-corrected chi connectivity index (χ3v) is 5.73. The Bertz CT molecular complexity index is 385. The average molecular weight is 346 g/mol. The summed E-state index contributed by atoms with van der Waals surface area (Å²) in [6.07, 6.45) is 7.59. The summed E-state index contributed by atoms with van der Waals surface area (Å²) in [5.41, 5.74) is 1.50. The molecular formula is C15H24BrNOS. The summed E-state index contributed by atoms with van der Waals surface area (Å²) in [5, 5.41) is 12.1. The van der Waals surface area contributed by atoms with Crippen molar-refractivity contribution in [1.29, 1.82) is 0 Å². The monoisotopic (exact) mass is 345 g/mol. The van der Waals surface area contributed by atoms with Crippen molar-refractivity contribution in [3.05, 3.63) is 20.8 Å². The highest BCUT2D eigenvalue weighted by Crippen LogP contribution is 2.35. The van der Waals surface area contributed by atoms with Crippen LogP contribution in [0.2, 0.25) is 0 Å². The molecule has 0 spiro atoms. The molecule has 0 aliphatic heterocycles. The molecule has 1 saturated carbocycles. The molecule has 1 aliphatic carbocycles. The lowest BCUT2D eigenvalue weighted by Crippen LogP contribution is -2.38. The summed E-state index contributed by atoms with van der Waals surface area (Å²) in [7, 11) is 2.17. The molecule has 2 rings (SSSR count). The lowest BCUT2D eigenvalue weighted by Gasteiger charge is -2.35. The summed E-state index contributed by atoms with van der Waals surface area (Å²) >= 11 is 5.26. The number of halogens is 1. The van der Waals surface area contributed by atoms with Gasteiger partial charge < -0.3 is 10.0 Å². The molecule has 1 aromatic heterocycles. The standard InChI is InChI=1S/C15H24BrNOS/c1-17(9-13-8-14(16)19-10-13)11-15(12-18)6-4-2-3-5-7-15/h8,10,18H,2-7,9,11-12H2,1H3. The van der Waals surface area contributed by atoms with Crippen LogP contribution in [0, 0.1) is 5.41 Å². The molecule has 0 atom stereocenters. The van der Waals surface area contributed by atoms with E-state index in [9.17, 15) is 5.11 Å². The first kappa shape index (κ1) is 15.5. The Morgan fingerprint density at radius 1 is 1.32 bits per heavy atom. The lowest BCUT2D eigenvalue weighted by molar-refractivity contribution is 0.0663. The largest absolute Gasteiger partial charge is 0.396 e. The summed E-state index contributed by atoms with van der Waals surface area (Å²) < 4.78 is 1.20. The third-order valence-electron chi connectivity index (χ3n) is 4.18. The quantitative estimate of drug-likeness (QED) is 0.805. The topological polar surface area (TPSA) is 23.5 Å². The third kappa shape index (κ3) is 4.55. The van der Waals surface area contributed by atoms with Gasteiger partial charge in [0.2, 0.25) is 0 Å². The van der Waals surface area contributed by atoms with E-state index in [1.807, 2.05) is 0 Å². The van der Waals surface area contributed by atoms with Crippen molar-refractivity contribution in [2.45, 2.75) is 45.1 Å². The van der Waals surface area contributed by atoms with E-state index in [-0.39, 0.29) is 5.41 Å². The Morgan fingerprint density at radius 2 is 2.00 bits per heavy atom. The minimum Gasteiger partial charge on any atom is -0.396 e. The molecule has 0 amide bonds. The van der Waals surface area contributed by atoms with Gasteiger partial charge in [0.05, 0.1) is 3.79 Å². The second-order valence-corrected chi connectivity index (χ2v) is 8.29. The molecule has 0 unspecified atom stereocenters. The molecule has 1 aliphatic rings. The van der Waals surface area contributed by atoms with Crippen LogP contribution in [-0.2, 0) is 6.54 Å². The fraction of sp³-hybridized carbons (Fsp3) is 0.733. The van der Waals surface area contributed by atoms with E-state index in [1.165, 1.54) is 47.9 Å². The first-order chi connectivity index (χ1) is 9.13. The first-order valence-electron chi connectivity index (χ1n) is 7.16. The molecule has 0 saturated heterocycles. The van der Waals surface area contributed by atoms with Gasteiger partial charge in [-0.05, 0) is 52.8 Å². The Labute approximate surface area is 129 Å². The SMILES string of the molecule is CN(Cc1csc(Br)c1)CC1(CO)CCCCCC1. The Balaban J connectivity index is 1.93. The van der Waals surface area contributed by atoms with Crippen molar-refractivity contribution in [1.82, 2.24) is 4.90 Å². The molecule has 1 aromatic rings. The molecule has 1 fully saturated rings. The lowest BCUT2D eigenvalue weighted by atomic mass is 9.80. The molecule has 4 heteroatoms. The number of hydrogen-bond donors (Lipinski definition) is 1. The van der Waals surface area contributed by atoms with Crippen LogP contribution in [0.15, 0.2) is 15.2 Å². The van der Waals surface area contributed by atoms with Gasteiger partial charge in [0.1, 0.15) is 0 Å². The van der Waals surface area contributed by atoms with Gasteiger partial charge in [0.15, 0.2) is 0 Å². The highest BCUT2D eigenvalue weighted by molar-refractivity contribution is 9.11. The van der Waals surface area contributed by atoms with Crippen molar-refractivity contribution in [2.75, 3.05) is 20.2 Å². The van der Waals surface area contributed by atoms with Gasteiger partial charge >= 0.3 is 0 Å². The molecule has 0 bridgehead atoms.